The Morgan fingerprint density at radius 3 is 2.68 bits per heavy atom. The van der Waals surface area contributed by atoms with Crippen molar-refractivity contribution in [1.29, 1.82) is 0 Å². The lowest BCUT2D eigenvalue weighted by Crippen LogP contribution is -2.07. The molecule has 0 unspecified atom stereocenters. The molecule has 136 valence electrons. The summed E-state index contributed by atoms with van der Waals surface area (Å²) in [6, 6.07) is 17.4. The highest BCUT2D eigenvalue weighted by Crippen LogP contribution is 2.30. The predicted molar refractivity (Wildman–Crippen MR) is 110 cm³/mol. The molecule has 2 aromatic heterocycles. The molecule has 4 aromatic rings. The van der Waals surface area contributed by atoms with Gasteiger partial charge in [0.1, 0.15) is 5.82 Å². The second kappa shape index (κ2) is 7.25. The Bertz CT molecular complexity index is 1230. The molecule has 0 aliphatic heterocycles. The lowest BCUT2D eigenvalue weighted by molar-refractivity contribution is -0.114. The van der Waals surface area contributed by atoms with Gasteiger partial charge in [-0.25, -0.2) is 4.98 Å². The van der Waals surface area contributed by atoms with E-state index in [9.17, 15) is 4.79 Å². The third kappa shape index (κ3) is 3.55. The molecule has 1 amide bonds. The Hall–Kier alpha value is -4.11. The first-order valence-electron chi connectivity index (χ1n) is 8.69. The number of hydrogen-bond acceptors (Lipinski definition) is 4. The molecule has 2 heterocycles. The lowest BCUT2D eigenvalue weighted by Gasteiger charge is -2.07. The highest BCUT2D eigenvalue weighted by atomic mass is 16.1. The first-order valence-corrected chi connectivity index (χ1v) is 8.69. The van der Waals surface area contributed by atoms with Gasteiger partial charge in [0.2, 0.25) is 5.91 Å². The average molecular weight is 367 g/mol. The van der Waals surface area contributed by atoms with Gasteiger partial charge in [0.25, 0.3) is 0 Å². The summed E-state index contributed by atoms with van der Waals surface area (Å²) in [4.78, 5) is 15.5. The van der Waals surface area contributed by atoms with Crippen LogP contribution in [0.1, 0.15) is 18.1 Å². The third-order valence-electron chi connectivity index (χ3n) is 4.22. The number of carbonyl (C=O) groups excluding carboxylic acids is 1. The Labute approximate surface area is 161 Å². The Balaban J connectivity index is 1.84. The maximum atomic E-state index is 11.3. The maximum absolute atomic E-state index is 11.3. The SMILES string of the molecule is CC(=O)Nc1cc(-c2cc(C#Cc3ccccc3)c3[nH]nc(N)c3c2)ccn1. The lowest BCUT2D eigenvalue weighted by atomic mass is 10.0. The van der Waals surface area contributed by atoms with E-state index in [-0.39, 0.29) is 5.91 Å². The zero-order chi connectivity index (χ0) is 19.5. The van der Waals surface area contributed by atoms with Crippen molar-refractivity contribution < 1.29 is 4.79 Å². The van der Waals surface area contributed by atoms with E-state index in [0.717, 1.165) is 33.2 Å². The fourth-order valence-electron chi connectivity index (χ4n) is 2.93. The van der Waals surface area contributed by atoms with Crippen LogP contribution in [0.3, 0.4) is 0 Å². The van der Waals surface area contributed by atoms with Crippen LogP contribution in [0.4, 0.5) is 11.6 Å². The number of nitrogens with zero attached hydrogens (tertiary/aromatic N) is 2. The maximum Gasteiger partial charge on any atom is 0.222 e. The van der Waals surface area contributed by atoms with E-state index in [1.807, 2.05) is 54.6 Å². The Morgan fingerprint density at radius 1 is 1.07 bits per heavy atom. The number of benzene rings is 2. The first kappa shape index (κ1) is 17.3. The predicted octanol–water partition coefficient (Wildman–Crippen LogP) is 3.57. The van der Waals surface area contributed by atoms with E-state index >= 15 is 0 Å². The van der Waals surface area contributed by atoms with Crippen LogP contribution in [0, 0.1) is 11.8 Å². The molecule has 4 rings (SSSR count). The van der Waals surface area contributed by atoms with Gasteiger partial charge in [-0.3, -0.25) is 9.89 Å². The van der Waals surface area contributed by atoms with Crippen LogP contribution in [0.15, 0.2) is 60.8 Å². The molecule has 4 N–H and O–H groups in total. The van der Waals surface area contributed by atoms with Gasteiger partial charge in [0.05, 0.1) is 11.1 Å². The van der Waals surface area contributed by atoms with E-state index in [2.05, 4.69) is 32.3 Å². The number of carbonyl (C=O) groups is 1. The Morgan fingerprint density at radius 2 is 1.89 bits per heavy atom. The molecule has 0 atom stereocenters. The standard InChI is InChI=1S/C22H17N5O/c1-14(28)25-20-13-16(9-10-24-20)18-11-17(8-7-15-5-3-2-4-6-15)21-19(12-18)22(23)27-26-21/h2-6,9-13H,1H3,(H3,23,26,27)(H,24,25,28). The highest BCUT2D eigenvalue weighted by molar-refractivity contribution is 5.96. The van der Waals surface area contributed by atoms with E-state index < -0.39 is 0 Å². The number of anilines is 2. The van der Waals surface area contributed by atoms with Crippen LogP contribution in [0.25, 0.3) is 22.0 Å². The van der Waals surface area contributed by atoms with Crippen molar-refractivity contribution in [3.8, 4) is 23.0 Å². The van der Waals surface area contributed by atoms with Gasteiger partial charge in [0, 0.05) is 24.1 Å². The van der Waals surface area contributed by atoms with Gasteiger partial charge in [-0.2, -0.15) is 5.10 Å². The zero-order valence-electron chi connectivity index (χ0n) is 15.2. The highest BCUT2D eigenvalue weighted by Gasteiger charge is 2.11. The molecule has 2 aromatic carbocycles. The van der Waals surface area contributed by atoms with E-state index in [0.29, 0.717) is 11.6 Å². The molecule has 0 spiro atoms. The largest absolute Gasteiger partial charge is 0.382 e. The van der Waals surface area contributed by atoms with Gasteiger partial charge in [-0.15, -0.1) is 0 Å². The summed E-state index contributed by atoms with van der Waals surface area (Å²) >= 11 is 0. The zero-order valence-corrected chi connectivity index (χ0v) is 15.2. The Kier molecular flexibility index (Phi) is 4.48. The normalized spacial score (nSPS) is 10.3. The van der Waals surface area contributed by atoms with E-state index in [1.165, 1.54) is 6.92 Å². The van der Waals surface area contributed by atoms with Crippen molar-refractivity contribution >= 4 is 28.4 Å². The fraction of sp³-hybridized carbons (Fsp3) is 0.0455. The molecule has 0 bridgehead atoms. The topological polar surface area (TPSA) is 96.7 Å². The van der Waals surface area contributed by atoms with Crippen LogP contribution >= 0.6 is 0 Å². The summed E-state index contributed by atoms with van der Waals surface area (Å²) < 4.78 is 0. The summed E-state index contributed by atoms with van der Waals surface area (Å²) in [5, 5.41) is 10.6. The number of rotatable bonds is 2. The van der Waals surface area contributed by atoms with Crippen LogP contribution < -0.4 is 11.1 Å². The molecule has 0 saturated heterocycles. The second-order valence-electron chi connectivity index (χ2n) is 6.28. The number of hydrogen-bond donors (Lipinski definition) is 3. The number of fused-ring (bicyclic) bond motifs is 1. The number of pyridine rings is 1. The summed E-state index contributed by atoms with van der Waals surface area (Å²) in [5.41, 5.74) is 10.3. The van der Waals surface area contributed by atoms with Crippen LogP contribution in [-0.2, 0) is 4.79 Å². The first-order chi connectivity index (χ1) is 13.6. The molecule has 0 radical (unpaired) electrons. The molecule has 0 saturated carbocycles. The van der Waals surface area contributed by atoms with Gasteiger partial charge >= 0.3 is 0 Å². The van der Waals surface area contributed by atoms with Gasteiger partial charge in [-0.05, 0) is 47.5 Å². The molecule has 0 aliphatic rings. The molecular weight excluding hydrogens is 350 g/mol. The minimum Gasteiger partial charge on any atom is -0.382 e. The van der Waals surface area contributed by atoms with Crippen molar-refractivity contribution in [3.63, 3.8) is 0 Å². The average Bonchev–Trinajstić information content (AvgIpc) is 3.08. The van der Waals surface area contributed by atoms with Crippen molar-refractivity contribution in [2.45, 2.75) is 6.92 Å². The van der Waals surface area contributed by atoms with Crippen molar-refractivity contribution in [2.75, 3.05) is 11.1 Å². The number of nitrogens with one attached hydrogen (secondary N) is 2. The minimum atomic E-state index is -0.173. The number of aromatic nitrogens is 3. The summed E-state index contributed by atoms with van der Waals surface area (Å²) in [6.07, 6.45) is 1.65. The second-order valence-corrected chi connectivity index (χ2v) is 6.28. The van der Waals surface area contributed by atoms with Gasteiger partial charge in [0.15, 0.2) is 5.82 Å². The summed E-state index contributed by atoms with van der Waals surface area (Å²) in [7, 11) is 0. The number of nitrogen functional groups attached to an aromatic ring is 1. The smallest absolute Gasteiger partial charge is 0.222 e. The molecule has 6 nitrogen and oxygen atoms in total. The fourth-order valence-corrected chi connectivity index (χ4v) is 2.93. The van der Waals surface area contributed by atoms with Gasteiger partial charge < -0.3 is 11.1 Å². The summed E-state index contributed by atoms with van der Waals surface area (Å²) in [6.45, 7) is 1.45. The number of nitrogens with two attached hydrogens (primary N) is 1. The van der Waals surface area contributed by atoms with E-state index in [1.54, 1.807) is 6.20 Å². The number of aromatic amines is 1. The summed E-state index contributed by atoms with van der Waals surface area (Å²) in [5.74, 6) is 7.11. The number of H-pyrrole nitrogens is 1. The molecule has 0 aliphatic carbocycles. The van der Waals surface area contributed by atoms with Crippen LogP contribution in [0.2, 0.25) is 0 Å². The van der Waals surface area contributed by atoms with Crippen LogP contribution in [0.5, 0.6) is 0 Å². The quantitative estimate of drug-likeness (QED) is 0.472. The minimum absolute atomic E-state index is 0.173. The molecule has 0 fully saturated rings. The third-order valence-corrected chi connectivity index (χ3v) is 4.22. The van der Waals surface area contributed by atoms with Crippen LogP contribution in [-0.4, -0.2) is 21.1 Å². The van der Waals surface area contributed by atoms with Crippen molar-refractivity contribution in [2.24, 2.45) is 0 Å². The molecular formula is C22H17N5O. The molecule has 28 heavy (non-hydrogen) atoms. The van der Waals surface area contributed by atoms with Crippen molar-refractivity contribution in [1.82, 2.24) is 15.2 Å². The number of amides is 1. The van der Waals surface area contributed by atoms with E-state index in [4.69, 9.17) is 5.73 Å². The van der Waals surface area contributed by atoms with Gasteiger partial charge in [-0.1, -0.05) is 30.0 Å². The monoisotopic (exact) mass is 367 g/mol. The van der Waals surface area contributed by atoms with Crippen molar-refractivity contribution in [3.05, 3.63) is 71.9 Å². The molecule has 6 heteroatoms.